The number of carbonyl (C=O) groups is 1. The zero-order chi connectivity index (χ0) is 14.6. The van der Waals surface area contributed by atoms with Crippen LogP contribution in [0.15, 0.2) is 12.1 Å². The maximum atomic E-state index is 12.0. The topological polar surface area (TPSA) is 51.2 Å². The lowest BCUT2D eigenvalue weighted by Crippen LogP contribution is -2.15. The number of aryl methyl sites for hydroxylation is 2. The van der Waals surface area contributed by atoms with Gasteiger partial charge in [0.15, 0.2) is 15.6 Å². The first kappa shape index (κ1) is 15.9. The second-order valence-electron chi connectivity index (χ2n) is 4.83. The largest absolute Gasteiger partial charge is 0.293 e. The van der Waals surface area contributed by atoms with Crippen molar-refractivity contribution >= 4 is 15.6 Å². The predicted molar refractivity (Wildman–Crippen MR) is 78.6 cm³/mol. The molecule has 0 saturated heterocycles. The molecule has 0 amide bonds. The van der Waals surface area contributed by atoms with Crippen LogP contribution in [0.1, 0.15) is 47.8 Å². The number of rotatable bonds is 6. The van der Waals surface area contributed by atoms with Crippen molar-refractivity contribution in [2.75, 3.05) is 12.0 Å². The second-order valence-corrected chi connectivity index (χ2v) is 6.97. The quantitative estimate of drug-likeness (QED) is 0.754. The summed E-state index contributed by atoms with van der Waals surface area (Å²) in [7, 11) is -3.28. The summed E-state index contributed by atoms with van der Waals surface area (Å²) in [6.45, 7) is 6.21. The summed E-state index contributed by atoms with van der Waals surface area (Å²) < 4.78 is 22.5. The van der Waals surface area contributed by atoms with Gasteiger partial charge in [0.1, 0.15) is 5.75 Å². The van der Waals surface area contributed by atoms with Crippen LogP contribution in [-0.2, 0) is 29.1 Å². The molecule has 0 N–H and O–H groups in total. The number of benzene rings is 1. The first-order valence-electron chi connectivity index (χ1n) is 6.67. The van der Waals surface area contributed by atoms with E-state index >= 15 is 0 Å². The molecule has 1 aromatic carbocycles. The second kappa shape index (κ2) is 6.33. The number of carbonyl (C=O) groups excluding carboxylic acids is 1. The minimum Gasteiger partial charge on any atom is -0.293 e. The fraction of sp³-hybridized carbons (Fsp3) is 0.533. The van der Waals surface area contributed by atoms with E-state index in [1.807, 2.05) is 12.1 Å². The molecule has 0 spiro atoms. The van der Waals surface area contributed by atoms with Crippen LogP contribution in [0.2, 0.25) is 0 Å². The zero-order valence-corrected chi connectivity index (χ0v) is 12.9. The molecule has 0 aliphatic carbocycles. The lowest BCUT2D eigenvalue weighted by atomic mass is 9.92. The van der Waals surface area contributed by atoms with Gasteiger partial charge < -0.3 is 0 Å². The molecule has 0 bridgehead atoms. The number of ketones is 1. The van der Waals surface area contributed by atoms with Gasteiger partial charge in [-0.3, -0.25) is 4.79 Å². The molecule has 0 unspecified atom stereocenters. The van der Waals surface area contributed by atoms with E-state index < -0.39 is 15.6 Å². The van der Waals surface area contributed by atoms with Gasteiger partial charge in [-0.2, -0.15) is 0 Å². The van der Waals surface area contributed by atoms with Crippen LogP contribution in [0.5, 0.6) is 0 Å². The van der Waals surface area contributed by atoms with E-state index in [1.165, 1.54) is 5.56 Å². The Kier molecular flexibility index (Phi) is 5.29. The van der Waals surface area contributed by atoms with Crippen LogP contribution >= 0.6 is 0 Å². The average molecular weight is 282 g/mol. The van der Waals surface area contributed by atoms with Gasteiger partial charge in [-0.1, -0.05) is 20.8 Å². The van der Waals surface area contributed by atoms with Crippen LogP contribution in [0.4, 0.5) is 0 Å². The minimum atomic E-state index is -3.28. The number of hydrogen-bond acceptors (Lipinski definition) is 3. The summed E-state index contributed by atoms with van der Waals surface area (Å²) in [6.07, 6.45) is 3.74. The van der Waals surface area contributed by atoms with Crippen LogP contribution < -0.4 is 0 Å². The van der Waals surface area contributed by atoms with Gasteiger partial charge in [-0.25, -0.2) is 8.42 Å². The van der Waals surface area contributed by atoms with Crippen molar-refractivity contribution in [3.05, 3.63) is 34.4 Å². The molecule has 4 heteroatoms. The fourth-order valence-electron chi connectivity index (χ4n) is 2.37. The maximum absolute atomic E-state index is 12.0. The van der Waals surface area contributed by atoms with Gasteiger partial charge in [-0.05, 0) is 48.1 Å². The summed E-state index contributed by atoms with van der Waals surface area (Å²) in [6, 6.07) is 3.71. The highest BCUT2D eigenvalue weighted by molar-refractivity contribution is 7.91. The molecular formula is C15H22O3S. The molecule has 106 valence electrons. The zero-order valence-electron chi connectivity index (χ0n) is 12.1. The summed E-state index contributed by atoms with van der Waals surface area (Å²) >= 11 is 0. The molecule has 1 rings (SSSR count). The standard InChI is InChI=1S/C15H22O3S/c1-5-11-8-13(15(16)10-19(4,17)18)9-12(6-2)14(11)7-3/h8-9H,5-7,10H2,1-4H3. The van der Waals surface area contributed by atoms with Gasteiger partial charge in [0, 0.05) is 11.8 Å². The van der Waals surface area contributed by atoms with E-state index in [-0.39, 0.29) is 5.78 Å². The Morgan fingerprint density at radius 1 is 1.00 bits per heavy atom. The molecule has 0 aromatic heterocycles. The number of hydrogen-bond donors (Lipinski definition) is 0. The summed E-state index contributed by atoms with van der Waals surface area (Å²) in [5.41, 5.74) is 4.12. The van der Waals surface area contributed by atoms with Gasteiger partial charge in [0.2, 0.25) is 0 Å². The first-order chi connectivity index (χ1) is 8.82. The summed E-state index contributed by atoms with van der Waals surface area (Å²) in [4.78, 5) is 12.0. The lowest BCUT2D eigenvalue weighted by Gasteiger charge is -2.14. The Morgan fingerprint density at radius 3 is 1.79 bits per heavy atom. The molecule has 0 atom stereocenters. The van der Waals surface area contributed by atoms with Crippen molar-refractivity contribution in [1.29, 1.82) is 0 Å². The van der Waals surface area contributed by atoms with Gasteiger partial charge in [0.25, 0.3) is 0 Å². The Morgan fingerprint density at radius 2 is 1.47 bits per heavy atom. The Balaban J connectivity index is 3.27. The molecule has 0 heterocycles. The van der Waals surface area contributed by atoms with E-state index in [1.54, 1.807) is 0 Å². The summed E-state index contributed by atoms with van der Waals surface area (Å²) in [5.74, 6) is -0.723. The van der Waals surface area contributed by atoms with Crippen LogP contribution in [0.25, 0.3) is 0 Å². The molecule has 0 radical (unpaired) electrons. The molecule has 0 aliphatic rings. The van der Waals surface area contributed by atoms with Gasteiger partial charge in [0.05, 0.1) is 0 Å². The normalized spacial score (nSPS) is 11.6. The van der Waals surface area contributed by atoms with Gasteiger partial charge >= 0.3 is 0 Å². The maximum Gasteiger partial charge on any atom is 0.177 e. The smallest absolute Gasteiger partial charge is 0.177 e. The van der Waals surface area contributed by atoms with Crippen molar-refractivity contribution in [1.82, 2.24) is 0 Å². The molecule has 3 nitrogen and oxygen atoms in total. The van der Waals surface area contributed by atoms with Crippen molar-refractivity contribution in [2.24, 2.45) is 0 Å². The highest BCUT2D eigenvalue weighted by Crippen LogP contribution is 2.21. The number of Topliss-reactive ketones (excluding diaryl/α,β-unsaturated/α-hetero) is 1. The Hall–Kier alpha value is -1.16. The monoisotopic (exact) mass is 282 g/mol. The van der Waals surface area contributed by atoms with Crippen LogP contribution in [0.3, 0.4) is 0 Å². The van der Waals surface area contributed by atoms with Gasteiger partial charge in [-0.15, -0.1) is 0 Å². The third kappa shape index (κ3) is 4.16. The average Bonchev–Trinajstić information content (AvgIpc) is 2.34. The van der Waals surface area contributed by atoms with Crippen molar-refractivity contribution < 1.29 is 13.2 Å². The van der Waals surface area contributed by atoms with E-state index in [4.69, 9.17) is 0 Å². The molecular weight excluding hydrogens is 260 g/mol. The molecule has 1 aromatic rings. The molecule has 19 heavy (non-hydrogen) atoms. The van der Waals surface area contributed by atoms with Crippen LogP contribution in [0, 0.1) is 0 Å². The minimum absolute atomic E-state index is 0.311. The molecule has 0 aliphatic heterocycles. The third-order valence-electron chi connectivity index (χ3n) is 3.27. The van der Waals surface area contributed by atoms with Crippen molar-refractivity contribution in [3.63, 3.8) is 0 Å². The summed E-state index contributed by atoms with van der Waals surface area (Å²) in [5, 5.41) is 0. The van der Waals surface area contributed by atoms with E-state index in [2.05, 4.69) is 20.8 Å². The predicted octanol–water partition coefficient (Wildman–Crippen LogP) is 2.60. The highest BCUT2D eigenvalue weighted by Gasteiger charge is 2.16. The van der Waals surface area contributed by atoms with Crippen LogP contribution in [-0.4, -0.2) is 26.2 Å². The van der Waals surface area contributed by atoms with Crippen molar-refractivity contribution in [2.45, 2.75) is 40.0 Å². The lowest BCUT2D eigenvalue weighted by molar-refractivity contribution is 0.102. The third-order valence-corrected chi connectivity index (χ3v) is 4.05. The van der Waals surface area contributed by atoms with E-state index in [0.29, 0.717) is 5.56 Å². The first-order valence-corrected chi connectivity index (χ1v) is 8.74. The van der Waals surface area contributed by atoms with E-state index in [0.717, 1.165) is 36.6 Å². The highest BCUT2D eigenvalue weighted by atomic mass is 32.2. The molecule has 0 fully saturated rings. The molecule has 0 saturated carbocycles. The van der Waals surface area contributed by atoms with E-state index in [9.17, 15) is 13.2 Å². The van der Waals surface area contributed by atoms with Crippen molar-refractivity contribution in [3.8, 4) is 0 Å². The Labute approximate surface area is 116 Å². The Bertz CT molecular complexity index is 546. The fourth-order valence-corrected chi connectivity index (χ4v) is 3.01. The SMILES string of the molecule is CCc1cc(C(=O)CS(C)(=O)=O)cc(CC)c1CC. The number of sulfone groups is 1.